The second-order valence-corrected chi connectivity index (χ2v) is 17.5. The van der Waals surface area contributed by atoms with Gasteiger partial charge in [0.2, 0.25) is 12.1 Å². The monoisotopic (exact) mass is 1040 g/mol. The highest BCUT2D eigenvalue weighted by atomic mass is 35.5. The number of carbonyl (C=O) groups excluding carboxylic acids is 6. The summed E-state index contributed by atoms with van der Waals surface area (Å²) < 4.78 is 10.8. The zero-order valence-electron chi connectivity index (χ0n) is 37.8. The number of methoxy groups -OCH3 is 2. The van der Waals surface area contributed by atoms with E-state index in [9.17, 15) is 28.8 Å². The summed E-state index contributed by atoms with van der Waals surface area (Å²) in [7, 11) is 2.97. The summed E-state index contributed by atoms with van der Waals surface area (Å²) in [6.45, 7) is 5.78. The van der Waals surface area contributed by atoms with E-state index in [0.29, 0.717) is 39.6 Å². The number of rotatable bonds is 20. The number of carbonyl (C=O) groups is 6. The lowest BCUT2D eigenvalue weighted by atomic mass is 10.1. The molecule has 4 atom stereocenters. The van der Waals surface area contributed by atoms with Crippen LogP contribution in [0.5, 0.6) is 11.5 Å². The highest BCUT2D eigenvalue weighted by Crippen LogP contribution is 2.39. The van der Waals surface area contributed by atoms with Crippen molar-refractivity contribution in [3.05, 3.63) is 129 Å². The molecule has 0 fully saturated rings. The molecule has 4 N–H and O–H groups in total. The minimum absolute atomic E-state index is 0.00648. The smallest absolute Gasteiger partial charge is 0.258 e. The Labute approximate surface area is 422 Å². The number of aryl methyl sites for hydroxylation is 1. The first kappa shape index (κ1) is 53.5. The van der Waals surface area contributed by atoms with Crippen molar-refractivity contribution in [3.8, 4) is 11.5 Å². The lowest BCUT2D eigenvalue weighted by Gasteiger charge is -2.17. The maximum Gasteiger partial charge on any atom is 0.258 e. The first-order chi connectivity index (χ1) is 32.9. The Hall–Kier alpha value is -6.43. The van der Waals surface area contributed by atoms with Crippen LogP contribution in [0.4, 0.5) is 34.1 Å². The minimum atomic E-state index is -1.64. The summed E-state index contributed by atoms with van der Waals surface area (Å²) >= 11 is 32.1. The van der Waals surface area contributed by atoms with Crippen molar-refractivity contribution >= 4 is 127 Å². The molecule has 5 aromatic rings. The van der Waals surface area contributed by atoms with Crippen LogP contribution < -0.4 is 30.7 Å². The number of amides is 4. The van der Waals surface area contributed by atoms with E-state index < -0.39 is 58.0 Å². The molecule has 0 saturated heterocycles. The van der Waals surface area contributed by atoms with E-state index in [1.54, 1.807) is 50.2 Å². The number of ketones is 2. The van der Waals surface area contributed by atoms with E-state index in [4.69, 9.17) is 67.5 Å². The number of ether oxygens (including phenoxy) is 2. The fourth-order valence-corrected chi connectivity index (χ4v) is 7.95. The van der Waals surface area contributed by atoms with Crippen molar-refractivity contribution < 1.29 is 38.2 Å². The van der Waals surface area contributed by atoms with Gasteiger partial charge in [0.1, 0.15) is 22.9 Å². The van der Waals surface area contributed by atoms with Gasteiger partial charge in [-0.2, -0.15) is 20.5 Å². The highest BCUT2D eigenvalue weighted by Gasteiger charge is 2.27. The number of hydrogen-bond donors (Lipinski definition) is 4. The molecule has 0 saturated carbocycles. The van der Waals surface area contributed by atoms with Gasteiger partial charge in [-0.3, -0.25) is 28.8 Å². The van der Waals surface area contributed by atoms with Crippen LogP contribution in [-0.4, -0.2) is 67.4 Å². The molecule has 360 valence electrons. The van der Waals surface area contributed by atoms with Gasteiger partial charge in [-0.1, -0.05) is 47.5 Å². The number of azo groups is 2. The summed E-state index contributed by atoms with van der Waals surface area (Å²) in [5.74, 6) is -3.14. The highest BCUT2D eigenvalue weighted by molar-refractivity contribution is 6.37. The standard InChI is InChI=1S/C48H45Cl5N8O8/c1-24(50)39-33(13-9-17-37(39)68-5)56-45(64)30-11-7-15-35(41(30)52)58-60-43(26(3)62)47(66)54-29-19-20-32(28(23-29)21-22-49)55-48(67)44(27(4)63)61-59-36-16-8-12-31(42(36)53)46(65)57-34-14-10-18-38(69-6)40(34)25(2)51/h7-20,23-25,43-44H,21-22H2,1-6H3,(H,54,66)(H,55,67)(H,56,64)(H,57,65). The van der Waals surface area contributed by atoms with Crippen LogP contribution in [0.15, 0.2) is 111 Å². The molecular weight excluding hydrogens is 994 g/mol. The molecule has 0 aliphatic heterocycles. The molecule has 0 bridgehead atoms. The van der Waals surface area contributed by atoms with Crippen LogP contribution in [0.2, 0.25) is 10.0 Å². The second kappa shape index (κ2) is 24.7. The number of benzene rings is 5. The molecule has 0 aliphatic carbocycles. The fourth-order valence-electron chi connectivity index (χ4n) is 6.80. The number of alkyl halides is 3. The van der Waals surface area contributed by atoms with E-state index >= 15 is 0 Å². The predicted octanol–water partition coefficient (Wildman–Crippen LogP) is 12.3. The summed E-state index contributed by atoms with van der Waals surface area (Å²) in [4.78, 5) is 79.3. The van der Waals surface area contributed by atoms with Gasteiger partial charge < -0.3 is 30.7 Å². The van der Waals surface area contributed by atoms with Gasteiger partial charge in [-0.15, -0.1) is 34.8 Å². The molecule has 4 amide bonds. The molecule has 0 heterocycles. The Kier molecular flexibility index (Phi) is 19.2. The quantitative estimate of drug-likeness (QED) is 0.0333. The molecule has 0 spiro atoms. The first-order valence-electron chi connectivity index (χ1n) is 20.8. The molecule has 0 aliphatic rings. The molecule has 21 heteroatoms. The van der Waals surface area contributed by atoms with Crippen molar-refractivity contribution in [2.75, 3.05) is 41.4 Å². The minimum Gasteiger partial charge on any atom is -0.496 e. The van der Waals surface area contributed by atoms with Crippen LogP contribution in [0.1, 0.15) is 75.9 Å². The van der Waals surface area contributed by atoms with E-state index in [1.807, 2.05) is 0 Å². The number of Topliss-reactive ketones (excluding diaryl/α,β-unsaturated/α-hetero) is 2. The molecular formula is C48H45Cl5N8O8. The Morgan fingerprint density at radius 1 is 0.580 bits per heavy atom. The van der Waals surface area contributed by atoms with Crippen LogP contribution in [0.3, 0.4) is 0 Å². The SMILES string of the molecule is COc1cccc(NC(=O)c2cccc(N=NC(C(C)=O)C(=O)Nc3ccc(NC(=O)C(N=Nc4cccc(C(=O)Nc5cccc(OC)c5C(C)Cl)c4Cl)C(C)=O)c(CCCl)c3)c2Cl)c1C(C)Cl. The number of hydrogen-bond acceptors (Lipinski definition) is 12. The van der Waals surface area contributed by atoms with Crippen molar-refractivity contribution in [1.82, 2.24) is 0 Å². The Bertz CT molecular complexity index is 2840. The van der Waals surface area contributed by atoms with Gasteiger partial charge in [0.25, 0.3) is 23.6 Å². The van der Waals surface area contributed by atoms with Gasteiger partial charge >= 0.3 is 0 Å². The maximum atomic E-state index is 13.6. The summed E-state index contributed by atoms with van der Waals surface area (Å²) in [6, 6.07) is 20.2. The molecule has 5 rings (SSSR count). The summed E-state index contributed by atoms with van der Waals surface area (Å²) in [5.41, 5.74) is 2.90. The van der Waals surface area contributed by atoms with Crippen LogP contribution in [0, 0.1) is 0 Å². The molecule has 69 heavy (non-hydrogen) atoms. The van der Waals surface area contributed by atoms with E-state index in [-0.39, 0.29) is 56.2 Å². The van der Waals surface area contributed by atoms with Crippen molar-refractivity contribution in [3.63, 3.8) is 0 Å². The lowest BCUT2D eigenvalue weighted by Crippen LogP contribution is -2.32. The van der Waals surface area contributed by atoms with Gasteiger partial charge in [0, 0.05) is 39.8 Å². The Morgan fingerprint density at radius 3 is 1.42 bits per heavy atom. The predicted molar refractivity (Wildman–Crippen MR) is 269 cm³/mol. The molecule has 5 aromatic carbocycles. The van der Waals surface area contributed by atoms with Crippen molar-refractivity contribution in [2.45, 2.75) is 57.0 Å². The van der Waals surface area contributed by atoms with E-state index in [2.05, 4.69) is 41.7 Å². The second-order valence-electron chi connectivity index (χ2n) is 15.0. The summed E-state index contributed by atoms with van der Waals surface area (Å²) in [5, 5.41) is 25.8. The van der Waals surface area contributed by atoms with Gasteiger partial charge in [-0.25, -0.2) is 0 Å². The van der Waals surface area contributed by atoms with Gasteiger partial charge in [-0.05, 0) is 106 Å². The first-order valence-corrected chi connectivity index (χ1v) is 23.0. The van der Waals surface area contributed by atoms with Gasteiger partial charge in [0.05, 0.1) is 46.1 Å². The number of halogens is 5. The fraction of sp³-hybridized carbons (Fsp3) is 0.250. The molecule has 0 aromatic heterocycles. The largest absolute Gasteiger partial charge is 0.496 e. The van der Waals surface area contributed by atoms with Crippen molar-refractivity contribution in [1.29, 1.82) is 0 Å². The number of nitrogens with one attached hydrogen (secondary N) is 4. The van der Waals surface area contributed by atoms with E-state index in [1.165, 1.54) is 68.8 Å². The van der Waals surface area contributed by atoms with Crippen LogP contribution >= 0.6 is 58.0 Å². The Balaban J connectivity index is 1.29. The summed E-state index contributed by atoms with van der Waals surface area (Å²) in [6.07, 6.45) is 0.195. The third-order valence-corrected chi connectivity index (χ3v) is 11.6. The van der Waals surface area contributed by atoms with Crippen LogP contribution in [0.25, 0.3) is 0 Å². The topological polar surface area (TPSA) is 218 Å². The molecule has 4 unspecified atom stereocenters. The molecule has 16 nitrogen and oxygen atoms in total. The third kappa shape index (κ3) is 13.4. The van der Waals surface area contributed by atoms with E-state index in [0.717, 1.165) is 13.8 Å². The van der Waals surface area contributed by atoms with Gasteiger partial charge in [0.15, 0.2) is 11.6 Å². The normalized spacial score (nSPS) is 13.0. The molecule has 0 radical (unpaired) electrons. The van der Waals surface area contributed by atoms with Crippen LogP contribution in [-0.2, 0) is 25.6 Å². The zero-order valence-corrected chi connectivity index (χ0v) is 41.6. The lowest BCUT2D eigenvalue weighted by molar-refractivity contribution is -0.127. The average molecular weight is 1040 g/mol. The average Bonchev–Trinajstić information content (AvgIpc) is 3.30. The zero-order chi connectivity index (χ0) is 50.5. The maximum absolute atomic E-state index is 13.6. The van der Waals surface area contributed by atoms with Crippen molar-refractivity contribution in [2.24, 2.45) is 20.5 Å². The third-order valence-electron chi connectivity index (χ3n) is 10.1. The Morgan fingerprint density at radius 2 is 1.01 bits per heavy atom. The number of anilines is 4. The number of nitrogens with zero attached hydrogens (tertiary/aromatic N) is 4.